The molecule has 26 heavy (non-hydrogen) atoms. The van der Waals surface area contributed by atoms with Crippen LogP contribution in [0.5, 0.6) is 0 Å². The third kappa shape index (κ3) is 3.80. The number of nitrogens with zero attached hydrogens (tertiary/aromatic N) is 2. The highest BCUT2D eigenvalue weighted by Crippen LogP contribution is 2.48. The van der Waals surface area contributed by atoms with Gasteiger partial charge in [-0.15, -0.1) is 0 Å². The summed E-state index contributed by atoms with van der Waals surface area (Å²) in [6, 6.07) is 8.72. The minimum atomic E-state index is -0.488. The Bertz CT molecular complexity index is 608. The summed E-state index contributed by atoms with van der Waals surface area (Å²) in [6.07, 6.45) is 8.20. The maximum Gasteiger partial charge on any atom is 0.0822 e. The first-order chi connectivity index (χ1) is 12.5. The van der Waals surface area contributed by atoms with Gasteiger partial charge in [-0.1, -0.05) is 32.0 Å². The number of piperidine rings is 1. The molecule has 0 unspecified atom stereocenters. The van der Waals surface area contributed by atoms with Crippen molar-refractivity contribution in [3.63, 3.8) is 0 Å². The molecule has 1 saturated carbocycles. The van der Waals surface area contributed by atoms with Gasteiger partial charge in [-0.25, -0.2) is 0 Å². The average Bonchev–Trinajstić information content (AvgIpc) is 3.03. The molecule has 2 heterocycles. The molecule has 0 amide bonds. The zero-order chi connectivity index (χ0) is 18.2. The maximum absolute atomic E-state index is 11.3. The van der Waals surface area contributed by atoms with Gasteiger partial charge in [0.15, 0.2) is 0 Å². The van der Waals surface area contributed by atoms with Gasteiger partial charge in [0.2, 0.25) is 0 Å². The summed E-state index contributed by atoms with van der Waals surface area (Å²) in [5, 5.41) is 11.3. The van der Waals surface area contributed by atoms with Gasteiger partial charge in [0, 0.05) is 25.3 Å². The molecule has 1 spiro atoms. The highest BCUT2D eigenvalue weighted by atomic mass is 16.3. The summed E-state index contributed by atoms with van der Waals surface area (Å²) in [7, 11) is 0. The second-order valence-corrected chi connectivity index (χ2v) is 9.72. The molecule has 1 aliphatic carbocycles. The SMILES string of the molecule is CC(C)CN1CCC2(CC1)CCC(O)(CN1CCc3ccccc31)CC2. The number of anilines is 1. The van der Waals surface area contributed by atoms with Crippen molar-refractivity contribution in [1.82, 2.24) is 4.90 Å². The minimum absolute atomic E-state index is 0.488. The average molecular weight is 357 g/mol. The highest BCUT2D eigenvalue weighted by Gasteiger charge is 2.44. The molecule has 0 bridgehead atoms. The van der Waals surface area contributed by atoms with Crippen LogP contribution in [0.1, 0.15) is 57.9 Å². The number of likely N-dealkylation sites (tertiary alicyclic amines) is 1. The fourth-order valence-corrected chi connectivity index (χ4v) is 5.56. The van der Waals surface area contributed by atoms with Crippen LogP contribution in [-0.4, -0.2) is 48.3 Å². The molecule has 0 radical (unpaired) electrons. The number of hydrogen-bond donors (Lipinski definition) is 1. The Morgan fingerprint density at radius 3 is 2.35 bits per heavy atom. The van der Waals surface area contributed by atoms with Crippen LogP contribution in [0.3, 0.4) is 0 Å². The van der Waals surface area contributed by atoms with E-state index >= 15 is 0 Å². The predicted octanol–water partition coefficient (Wildman–Crippen LogP) is 4.09. The van der Waals surface area contributed by atoms with Gasteiger partial charge < -0.3 is 14.9 Å². The lowest BCUT2D eigenvalue weighted by Gasteiger charge is -2.49. The van der Waals surface area contributed by atoms with Crippen molar-refractivity contribution in [3.8, 4) is 0 Å². The van der Waals surface area contributed by atoms with Crippen molar-refractivity contribution in [3.05, 3.63) is 29.8 Å². The number of benzene rings is 1. The Morgan fingerprint density at radius 2 is 1.65 bits per heavy atom. The zero-order valence-electron chi connectivity index (χ0n) is 16.7. The molecule has 4 rings (SSSR count). The van der Waals surface area contributed by atoms with Crippen LogP contribution in [0.15, 0.2) is 24.3 Å². The van der Waals surface area contributed by atoms with Gasteiger partial charge in [-0.05, 0) is 81.0 Å². The van der Waals surface area contributed by atoms with Gasteiger partial charge >= 0.3 is 0 Å². The Balaban J connectivity index is 1.32. The van der Waals surface area contributed by atoms with Gasteiger partial charge in [-0.2, -0.15) is 0 Å². The quantitative estimate of drug-likeness (QED) is 0.880. The van der Waals surface area contributed by atoms with Crippen LogP contribution in [0.4, 0.5) is 5.69 Å². The number of para-hydroxylation sites is 1. The predicted molar refractivity (Wildman–Crippen MR) is 109 cm³/mol. The molecule has 3 heteroatoms. The van der Waals surface area contributed by atoms with Gasteiger partial charge in [-0.3, -0.25) is 0 Å². The van der Waals surface area contributed by atoms with Crippen molar-refractivity contribution >= 4 is 5.69 Å². The van der Waals surface area contributed by atoms with Crippen LogP contribution in [-0.2, 0) is 6.42 Å². The van der Waals surface area contributed by atoms with Gasteiger partial charge in [0.05, 0.1) is 5.60 Å². The lowest BCUT2D eigenvalue weighted by molar-refractivity contribution is -0.0472. The smallest absolute Gasteiger partial charge is 0.0822 e. The first kappa shape index (κ1) is 18.3. The molecule has 144 valence electrons. The Labute approximate surface area is 159 Å². The summed E-state index contributed by atoms with van der Waals surface area (Å²) in [5.41, 5.74) is 2.82. The van der Waals surface area contributed by atoms with Crippen LogP contribution in [0.2, 0.25) is 0 Å². The Kier molecular flexibility index (Phi) is 5.04. The molecule has 0 aromatic heterocycles. The molecule has 1 N–H and O–H groups in total. The van der Waals surface area contributed by atoms with Crippen molar-refractivity contribution in [2.75, 3.05) is 37.6 Å². The summed E-state index contributed by atoms with van der Waals surface area (Å²) in [5.74, 6) is 0.767. The lowest BCUT2D eigenvalue weighted by atomic mass is 9.64. The van der Waals surface area contributed by atoms with E-state index in [0.29, 0.717) is 5.41 Å². The van der Waals surface area contributed by atoms with Crippen molar-refractivity contribution in [2.24, 2.45) is 11.3 Å². The number of rotatable bonds is 4. The number of β-amino-alcohol motifs (C(OH)–C–C–N with tert-alkyl or cyclic N) is 1. The second kappa shape index (κ2) is 7.16. The van der Waals surface area contributed by atoms with E-state index in [-0.39, 0.29) is 0 Å². The minimum Gasteiger partial charge on any atom is -0.388 e. The molecule has 2 fully saturated rings. The Morgan fingerprint density at radius 1 is 0.962 bits per heavy atom. The van der Waals surface area contributed by atoms with E-state index in [1.165, 1.54) is 56.6 Å². The lowest BCUT2D eigenvalue weighted by Crippen LogP contribution is -2.50. The monoisotopic (exact) mass is 356 g/mol. The van der Waals surface area contributed by atoms with E-state index in [1.807, 2.05) is 0 Å². The fraction of sp³-hybridized carbons (Fsp3) is 0.739. The van der Waals surface area contributed by atoms with Crippen molar-refractivity contribution < 1.29 is 5.11 Å². The van der Waals surface area contributed by atoms with Crippen LogP contribution in [0.25, 0.3) is 0 Å². The molecular weight excluding hydrogens is 320 g/mol. The molecule has 2 aliphatic heterocycles. The number of hydrogen-bond acceptors (Lipinski definition) is 3. The fourth-order valence-electron chi connectivity index (χ4n) is 5.56. The number of aliphatic hydroxyl groups is 1. The zero-order valence-corrected chi connectivity index (χ0v) is 16.7. The molecular formula is C23H36N2O. The van der Waals surface area contributed by atoms with Gasteiger partial charge in [0.1, 0.15) is 0 Å². The third-order valence-corrected chi connectivity index (χ3v) is 7.25. The van der Waals surface area contributed by atoms with E-state index < -0.39 is 5.60 Å². The van der Waals surface area contributed by atoms with E-state index in [2.05, 4.69) is 47.9 Å². The van der Waals surface area contributed by atoms with Crippen molar-refractivity contribution in [2.45, 2.75) is 64.4 Å². The molecule has 1 aromatic rings. The third-order valence-electron chi connectivity index (χ3n) is 7.25. The van der Waals surface area contributed by atoms with Crippen LogP contribution in [0, 0.1) is 11.3 Å². The Hall–Kier alpha value is -1.06. The molecule has 3 nitrogen and oxygen atoms in total. The molecule has 0 atom stereocenters. The summed E-state index contributed by atoms with van der Waals surface area (Å²) >= 11 is 0. The van der Waals surface area contributed by atoms with Gasteiger partial charge in [0.25, 0.3) is 0 Å². The first-order valence-electron chi connectivity index (χ1n) is 10.7. The molecule has 3 aliphatic rings. The largest absolute Gasteiger partial charge is 0.388 e. The topological polar surface area (TPSA) is 26.7 Å². The molecule has 1 aromatic carbocycles. The standard InChI is InChI=1S/C23H36N2O/c1-19(2)17-24-15-12-22(13-16-24)8-10-23(26,11-9-22)18-25-14-7-20-5-3-4-6-21(20)25/h3-6,19,26H,7-18H2,1-2H3. The normalized spacial score (nSPS) is 25.0. The summed E-state index contributed by atoms with van der Waals surface area (Å²) in [6.45, 7) is 10.3. The first-order valence-corrected chi connectivity index (χ1v) is 10.7. The van der Waals surface area contributed by atoms with Crippen molar-refractivity contribution in [1.29, 1.82) is 0 Å². The second-order valence-electron chi connectivity index (χ2n) is 9.72. The van der Waals surface area contributed by atoms with Crippen LogP contribution >= 0.6 is 0 Å². The van der Waals surface area contributed by atoms with Crippen LogP contribution < -0.4 is 4.90 Å². The van der Waals surface area contributed by atoms with E-state index in [1.54, 1.807) is 0 Å². The van der Waals surface area contributed by atoms with E-state index in [0.717, 1.165) is 38.3 Å². The summed E-state index contributed by atoms with van der Waals surface area (Å²) < 4.78 is 0. The number of fused-ring (bicyclic) bond motifs is 1. The molecule has 1 saturated heterocycles. The highest BCUT2D eigenvalue weighted by molar-refractivity contribution is 5.58. The maximum atomic E-state index is 11.3. The van der Waals surface area contributed by atoms with E-state index in [4.69, 9.17) is 0 Å². The summed E-state index contributed by atoms with van der Waals surface area (Å²) in [4.78, 5) is 5.08. The van der Waals surface area contributed by atoms with E-state index in [9.17, 15) is 5.11 Å².